The van der Waals surface area contributed by atoms with Gasteiger partial charge >= 0.3 is 0 Å². The number of nitrogens with one attached hydrogen (secondary N) is 2. The van der Waals surface area contributed by atoms with Crippen LogP contribution < -0.4 is 25.0 Å². The maximum absolute atomic E-state index is 5.40. The third-order valence-corrected chi connectivity index (χ3v) is 4.78. The van der Waals surface area contributed by atoms with Gasteiger partial charge in [0.05, 0.1) is 14.2 Å². The third-order valence-electron chi connectivity index (χ3n) is 4.53. The molecule has 1 aliphatic rings. The van der Waals surface area contributed by atoms with E-state index in [9.17, 15) is 0 Å². The largest absolute Gasteiger partial charge is 0.497 e. The molecular weight excluding hydrogens is 376 g/mol. The topological polar surface area (TPSA) is 74.8 Å². The molecule has 28 heavy (non-hydrogen) atoms. The SMILES string of the molecule is COc1cc(NC(=S)NCCN2CCN(c3ncccn3)CC2)cc(OC)c1. The van der Waals surface area contributed by atoms with E-state index in [4.69, 9.17) is 21.7 Å². The van der Waals surface area contributed by atoms with Crippen molar-refractivity contribution in [1.29, 1.82) is 0 Å². The summed E-state index contributed by atoms with van der Waals surface area (Å²) >= 11 is 5.40. The molecule has 2 N–H and O–H groups in total. The Hall–Kier alpha value is -2.65. The van der Waals surface area contributed by atoms with E-state index >= 15 is 0 Å². The lowest BCUT2D eigenvalue weighted by atomic mass is 10.3. The Kier molecular flexibility index (Phi) is 7.21. The van der Waals surface area contributed by atoms with Crippen LogP contribution in [0.3, 0.4) is 0 Å². The Morgan fingerprint density at radius 3 is 2.29 bits per heavy atom. The van der Waals surface area contributed by atoms with Crippen LogP contribution in [0.4, 0.5) is 11.6 Å². The van der Waals surface area contributed by atoms with E-state index in [1.54, 1.807) is 26.6 Å². The van der Waals surface area contributed by atoms with Crippen LogP contribution in [0.2, 0.25) is 0 Å². The summed E-state index contributed by atoms with van der Waals surface area (Å²) in [6.45, 7) is 5.51. The van der Waals surface area contributed by atoms with Crippen LogP contribution in [0.25, 0.3) is 0 Å². The standard InChI is InChI=1S/C19H26N6O2S/c1-26-16-12-15(13-17(14-16)27-2)23-19(28)22-6-7-24-8-10-25(11-9-24)18-20-4-3-5-21-18/h3-5,12-14H,6-11H2,1-2H3,(H2,22,23,28). The number of rotatable bonds is 7. The van der Waals surface area contributed by atoms with Crippen LogP contribution >= 0.6 is 12.2 Å². The second kappa shape index (κ2) is 10.0. The molecule has 2 heterocycles. The number of aromatic nitrogens is 2. The van der Waals surface area contributed by atoms with E-state index in [0.29, 0.717) is 16.6 Å². The van der Waals surface area contributed by atoms with E-state index in [1.165, 1.54) is 0 Å². The summed E-state index contributed by atoms with van der Waals surface area (Å²) < 4.78 is 10.6. The number of hydrogen-bond donors (Lipinski definition) is 2. The summed E-state index contributed by atoms with van der Waals surface area (Å²) in [5, 5.41) is 7.01. The van der Waals surface area contributed by atoms with Gasteiger partial charge in [-0.15, -0.1) is 0 Å². The predicted octanol–water partition coefficient (Wildman–Crippen LogP) is 1.60. The van der Waals surface area contributed by atoms with E-state index in [-0.39, 0.29) is 0 Å². The van der Waals surface area contributed by atoms with E-state index in [2.05, 4.69) is 30.4 Å². The number of anilines is 2. The molecule has 0 aliphatic carbocycles. The lowest BCUT2D eigenvalue weighted by Crippen LogP contribution is -2.49. The smallest absolute Gasteiger partial charge is 0.225 e. The van der Waals surface area contributed by atoms with Crippen molar-refractivity contribution in [2.24, 2.45) is 0 Å². The van der Waals surface area contributed by atoms with E-state index < -0.39 is 0 Å². The van der Waals surface area contributed by atoms with Crippen LogP contribution in [-0.4, -0.2) is 73.5 Å². The Balaban J connectivity index is 1.39. The molecule has 1 aliphatic heterocycles. The Morgan fingerprint density at radius 1 is 1.04 bits per heavy atom. The molecule has 0 atom stereocenters. The number of thiocarbonyl (C=S) groups is 1. The number of ether oxygens (including phenoxy) is 2. The van der Waals surface area contributed by atoms with Gasteiger partial charge in [0.25, 0.3) is 0 Å². The minimum absolute atomic E-state index is 0.576. The zero-order valence-corrected chi connectivity index (χ0v) is 17.0. The normalized spacial score (nSPS) is 14.4. The molecule has 0 amide bonds. The average Bonchev–Trinajstić information content (AvgIpc) is 2.74. The highest BCUT2D eigenvalue weighted by Crippen LogP contribution is 2.25. The van der Waals surface area contributed by atoms with Crippen LogP contribution in [0.15, 0.2) is 36.7 Å². The van der Waals surface area contributed by atoms with Crippen molar-refractivity contribution in [3.8, 4) is 11.5 Å². The number of hydrogen-bond acceptors (Lipinski definition) is 7. The molecule has 1 aromatic carbocycles. The molecule has 2 aromatic rings. The highest BCUT2D eigenvalue weighted by Gasteiger charge is 2.18. The first-order valence-corrected chi connectivity index (χ1v) is 9.61. The Bertz CT molecular complexity index is 746. The van der Waals surface area contributed by atoms with Gasteiger partial charge in [0.1, 0.15) is 11.5 Å². The molecule has 3 rings (SSSR count). The van der Waals surface area contributed by atoms with Gasteiger partial charge in [-0.25, -0.2) is 9.97 Å². The minimum Gasteiger partial charge on any atom is -0.497 e. The van der Waals surface area contributed by atoms with Crippen molar-refractivity contribution in [3.63, 3.8) is 0 Å². The maximum Gasteiger partial charge on any atom is 0.225 e. The number of methoxy groups -OCH3 is 2. The molecule has 0 spiro atoms. The molecular formula is C19H26N6O2S. The molecule has 8 nitrogen and oxygen atoms in total. The Morgan fingerprint density at radius 2 is 1.68 bits per heavy atom. The highest BCUT2D eigenvalue weighted by atomic mass is 32.1. The Labute approximate surface area is 170 Å². The summed E-state index contributed by atoms with van der Waals surface area (Å²) in [6, 6.07) is 7.41. The van der Waals surface area contributed by atoms with E-state index in [0.717, 1.165) is 50.9 Å². The van der Waals surface area contributed by atoms with Crippen LogP contribution in [0, 0.1) is 0 Å². The molecule has 150 valence electrons. The van der Waals surface area contributed by atoms with Crippen molar-refractivity contribution >= 4 is 29.0 Å². The highest BCUT2D eigenvalue weighted by molar-refractivity contribution is 7.80. The molecule has 0 unspecified atom stereocenters. The maximum atomic E-state index is 5.40. The zero-order valence-electron chi connectivity index (χ0n) is 16.2. The summed E-state index contributed by atoms with van der Waals surface area (Å²) in [4.78, 5) is 13.3. The number of benzene rings is 1. The molecule has 0 radical (unpaired) electrons. The van der Waals surface area contributed by atoms with Crippen LogP contribution in [-0.2, 0) is 0 Å². The molecule has 1 aromatic heterocycles. The minimum atomic E-state index is 0.576. The van der Waals surface area contributed by atoms with Gasteiger partial charge in [-0.1, -0.05) is 0 Å². The van der Waals surface area contributed by atoms with Gasteiger partial charge in [-0.05, 0) is 18.3 Å². The number of nitrogens with zero attached hydrogens (tertiary/aromatic N) is 4. The summed E-state index contributed by atoms with van der Waals surface area (Å²) in [5.74, 6) is 2.23. The van der Waals surface area contributed by atoms with Crippen molar-refractivity contribution in [2.75, 3.05) is 63.7 Å². The fourth-order valence-corrected chi connectivity index (χ4v) is 3.23. The van der Waals surface area contributed by atoms with Crippen molar-refractivity contribution in [3.05, 3.63) is 36.7 Å². The van der Waals surface area contributed by atoms with Gasteiger partial charge in [-0.3, -0.25) is 4.90 Å². The summed E-state index contributed by atoms with van der Waals surface area (Å²) in [5.41, 5.74) is 0.824. The first kappa shape index (κ1) is 20.1. The van der Waals surface area contributed by atoms with Crippen LogP contribution in [0.5, 0.6) is 11.5 Å². The van der Waals surface area contributed by atoms with Crippen LogP contribution in [0.1, 0.15) is 0 Å². The fraction of sp³-hybridized carbons (Fsp3) is 0.421. The predicted molar refractivity (Wildman–Crippen MR) is 114 cm³/mol. The number of piperazine rings is 1. The fourth-order valence-electron chi connectivity index (χ4n) is 3.01. The van der Waals surface area contributed by atoms with Gasteiger partial charge in [0.2, 0.25) is 5.95 Å². The average molecular weight is 403 g/mol. The lowest BCUT2D eigenvalue weighted by Gasteiger charge is -2.34. The molecule has 9 heteroatoms. The summed E-state index contributed by atoms with van der Waals surface area (Å²) in [7, 11) is 3.25. The first-order valence-electron chi connectivity index (χ1n) is 9.20. The monoisotopic (exact) mass is 402 g/mol. The van der Waals surface area contributed by atoms with Crippen molar-refractivity contribution in [1.82, 2.24) is 20.2 Å². The van der Waals surface area contributed by atoms with Gasteiger partial charge < -0.3 is 25.0 Å². The summed E-state index contributed by atoms with van der Waals surface area (Å²) in [6.07, 6.45) is 3.56. The molecule has 1 saturated heterocycles. The second-order valence-corrected chi connectivity index (χ2v) is 6.77. The van der Waals surface area contributed by atoms with Crippen molar-refractivity contribution < 1.29 is 9.47 Å². The van der Waals surface area contributed by atoms with Gasteiger partial charge in [0, 0.05) is 75.5 Å². The van der Waals surface area contributed by atoms with E-state index in [1.807, 2.05) is 24.3 Å². The molecule has 0 saturated carbocycles. The van der Waals surface area contributed by atoms with Gasteiger partial charge in [-0.2, -0.15) is 0 Å². The van der Waals surface area contributed by atoms with Gasteiger partial charge in [0.15, 0.2) is 5.11 Å². The first-order chi connectivity index (χ1) is 13.7. The quantitative estimate of drug-likeness (QED) is 0.672. The lowest BCUT2D eigenvalue weighted by molar-refractivity contribution is 0.260. The molecule has 1 fully saturated rings. The van der Waals surface area contributed by atoms with Crippen molar-refractivity contribution in [2.45, 2.75) is 0 Å². The molecule has 0 bridgehead atoms. The second-order valence-electron chi connectivity index (χ2n) is 6.36. The third kappa shape index (κ3) is 5.67. The zero-order chi connectivity index (χ0) is 19.8.